The van der Waals surface area contributed by atoms with E-state index in [4.69, 9.17) is 21.4 Å². The number of aryl methyl sites for hydroxylation is 2. The minimum atomic E-state index is -0.491. The number of hydrogen-bond acceptors (Lipinski definition) is 5. The minimum Gasteiger partial charge on any atom is -0.493 e. The Balaban J connectivity index is 1.62. The molecule has 4 rings (SSSR count). The normalized spacial score (nSPS) is 13.2. The molecule has 1 aromatic carbocycles. The molecule has 1 N–H and O–H groups in total. The smallest absolute Gasteiger partial charge is 0.258 e. The number of amides is 1. The first-order valence-corrected chi connectivity index (χ1v) is 9.64. The van der Waals surface area contributed by atoms with Crippen molar-refractivity contribution in [3.63, 3.8) is 0 Å². The lowest BCUT2D eigenvalue weighted by Gasteiger charge is -2.18. The molecule has 1 aliphatic rings. The van der Waals surface area contributed by atoms with E-state index >= 15 is 0 Å². The molecule has 0 atom stereocenters. The minimum absolute atomic E-state index is 0.0458. The van der Waals surface area contributed by atoms with Crippen molar-refractivity contribution in [1.29, 1.82) is 0 Å². The van der Waals surface area contributed by atoms with Gasteiger partial charge in [-0.1, -0.05) is 11.6 Å². The highest BCUT2D eigenvalue weighted by molar-refractivity contribution is 6.31. The summed E-state index contributed by atoms with van der Waals surface area (Å²) in [6.07, 6.45) is 0.392. The summed E-state index contributed by atoms with van der Waals surface area (Å²) in [7, 11) is 0. The van der Waals surface area contributed by atoms with Crippen LogP contribution in [0.4, 0.5) is 4.39 Å². The van der Waals surface area contributed by atoms with Crippen molar-refractivity contribution in [1.82, 2.24) is 19.5 Å². The average Bonchev–Trinajstić information content (AvgIpc) is 3.25. The SMILES string of the molecule is Cc1nc2c3c(nn2c(C)c1Cl)CN(C(=O)c1ccc(F)cc1OCCCO)C3. The van der Waals surface area contributed by atoms with Gasteiger partial charge in [0.2, 0.25) is 0 Å². The maximum Gasteiger partial charge on any atom is 0.258 e. The van der Waals surface area contributed by atoms with Gasteiger partial charge in [-0.25, -0.2) is 13.9 Å². The van der Waals surface area contributed by atoms with Gasteiger partial charge in [0.05, 0.1) is 47.4 Å². The van der Waals surface area contributed by atoms with Gasteiger partial charge in [0.15, 0.2) is 5.65 Å². The third-order valence-corrected chi connectivity index (χ3v) is 5.52. The van der Waals surface area contributed by atoms with Crippen molar-refractivity contribution in [2.45, 2.75) is 33.4 Å². The Morgan fingerprint density at radius 2 is 2.14 bits per heavy atom. The van der Waals surface area contributed by atoms with E-state index in [1.54, 1.807) is 9.42 Å². The van der Waals surface area contributed by atoms with E-state index in [0.717, 1.165) is 17.0 Å². The van der Waals surface area contributed by atoms with E-state index in [0.29, 0.717) is 35.9 Å². The Morgan fingerprint density at radius 3 is 2.90 bits per heavy atom. The maximum absolute atomic E-state index is 13.7. The molecule has 152 valence electrons. The third kappa shape index (κ3) is 3.42. The Labute approximate surface area is 171 Å². The number of rotatable bonds is 5. The van der Waals surface area contributed by atoms with Crippen molar-refractivity contribution >= 4 is 23.2 Å². The molecule has 29 heavy (non-hydrogen) atoms. The fourth-order valence-corrected chi connectivity index (χ4v) is 3.59. The molecule has 0 aliphatic carbocycles. The molecule has 9 heteroatoms. The third-order valence-electron chi connectivity index (χ3n) is 4.98. The second kappa shape index (κ2) is 7.61. The molecule has 0 spiro atoms. The number of halogens is 2. The van der Waals surface area contributed by atoms with Crippen molar-refractivity contribution in [3.05, 3.63) is 57.2 Å². The van der Waals surface area contributed by atoms with Crippen LogP contribution in [0.25, 0.3) is 5.65 Å². The highest BCUT2D eigenvalue weighted by Gasteiger charge is 2.31. The second-order valence-corrected chi connectivity index (χ2v) is 7.36. The summed E-state index contributed by atoms with van der Waals surface area (Å²) < 4.78 is 20.9. The van der Waals surface area contributed by atoms with Gasteiger partial charge in [0.25, 0.3) is 5.91 Å². The molecule has 0 fully saturated rings. The van der Waals surface area contributed by atoms with Crippen molar-refractivity contribution in [2.75, 3.05) is 13.2 Å². The van der Waals surface area contributed by atoms with E-state index in [9.17, 15) is 9.18 Å². The topological polar surface area (TPSA) is 80.0 Å². The number of hydrogen-bond donors (Lipinski definition) is 1. The number of carbonyl (C=O) groups is 1. The average molecular weight is 419 g/mol. The molecule has 3 aromatic rings. The maximum atomic E-state index is 13.7. The molecule has 0 bridgehead atoms. The van der Waals surface area contributed by atoms with Crippen LogP contribution in [-0.2, 0) is 13.1 Å². The molecule has 1 amide bonds. The summed E-state index contributed by atoms with van der Waals surface area (Å²) in [5, 5.41) is 14.1. The molecule has 1 aliphatic heterocycles. The molecule has 3 heterocycles. The van der Waals surface area contributed by atoms with E-state index in [1.807, 2.05) is 13.8 Å². The summed E-state index contributed by atoms with van der Waals surface area (Å²) >= 11 is 6.27. The zero-order valence-corrected chi connectivity index (χ0v) is 16.8. The van der Waals surface area contributed by atoms with Crippen molar-refractivity contribution in [3.8, 4) is 5.75 Å². The van der Waals surface area contributed by atoms with Gasteiger partial charge in [-0.05, 0) is 26.0 Å². The Kier molecular flexibility index (Phi) is 5.14. The highest BCUT2D eigenvalue weighted by Crippen LogP contribution is 2.31. The second-order valence-electron chi connectivity index (χ2n) is 6.98. The van der Waals surface area contributed by atoms with Crippen LogP contribution in [0.2, 0.25) is 5.02 Å². The standard InChI is InChI=1S/C20H20ClFN4O3/c1-11-18(21)12(2)26-19(23-11)15-9-25(10-16(15)24-26)20(28)14-5-4-13(22)8-17(14)29-7-3-6-27/h4-5,8,27H,3,6-7,9-10H2,1-2H3. The van der Waals surface area contributed by atoms with Gasteiger partial charge in [-0.2, -0.15) is 5.10 Å². The zero-order chi connectivity index (χ0) is 20.7. The number of fused-ring (bicyclic) bond motifs is 3. The summed E-state index contributed by atoms with van der Waals surface area (Å²) in [5.41, 5.74) is 4.12. The monoisotopic (exact) mass is 418 g/mol. The van der Waals surface area contributed by atoms with E-state index in [-0.39, 0.29) is 30.4 Å². The van der Waals surface area contributed by atoms with Crippen LogP contribution >= 0.6 is 11.6 Å². The number of aliphatic hydroxyl groups excluding tert-OH is 1. The lowest BCUT2D eigenvalue weighted by molar-refractivity contribution is 0.0745. The van der Waals surface area contributed by atoms with Crippen molar-refractivity contribution in [2.24, 2.45) is 0 Å². The van der Waals surface area contributed by atoms with Gasteiger partial charge in [0.1, 0.15) is 11.6 Å². The van der Waals surface area contributed by atoms with Crippen LogP contribution in [0, 0.1) is 19.7 Å². The number of aliphatic hydroxyl groups is 1. The van der Waals surface area contributed by atoms with Crippen LogP contribution in [0.5, 0.6) is 5.75 Å². The lowest BCUT2D eigenvalue weighted by Crippen LogP contribution is -2.26. The van der Waals surface area contributed by atoms with Crippen molar-refractivity contribution < 1.29 is 19.0 Å². The molecule has 0 saturated heterocycles. The Hall–Kier alpha value is -2.71. The van der Waals surface area contributed by atoms with Crippen LogP contribution in [0.1, 0.15) is 39.4 Å². The summed E-state index contributed by atoms with van der Waals surface area (Å²) in [6, 6.07) is 3.84. The van der Waals surface area contributed by atoms with Gasteiger partial charge in [-0.3, -0.25) is 4.79 Å². The fraction of sp³-hybridized carbons (Fsp3) is 0.350. The van der Waals surface area contributed by atoms with E-state index in [1.165, 1.54) is 18.2 Å². The number of benzene rings is 1. The first-order chi connectivity index (χ1) is 13.9. The largest absolute Gasteiger partial charge is 0.493 e. The Bertz CT molecular complexity index is 1120. The summed E-state index contributed by atoms with van der Waals surface area (Å²) in [5.74, 6) is -0.601. The van der Waals surface area contributed by atoms with Crippen LogP contribution in [0.15, 0.2) is 18.2 Å². The molecular weight excluding hydrogens is 399 g/mol. The molecule has 0 saturated carbocycles. The predicted molar refractivity (Wildman–Crippen MR) is 105 cm³/mol. The first kappa shape index (κ1) is 19.6. The zero-order valence-electron chi connectivity index (χ0n) is 16.1. The van der Waals surface area contributed by atoms with E-state index < -0.39 is 5.82 Å². The summed E-state index contributed by atoms with van der Waals surface area (Å²) in [6.45, 7) is 4.53. The summed E-state index contributed by atoms with van der Waals surface area (Å²) in [4.78, 5) is 19.3. The lowest BCUT2D eigenvalue weighted by atomic mass is 10.1. The molecule has 0 radical (unpaired) electrons. The predicted octanol–water partition coefficient (Wildman–Crippen LogP) is 3.06. The fourth-order valence-electron chi connectivity index (χ4n) is 3.47. The van der Waals surface area contributed by atoms with Crippen LogP contribution in [-0.4, -0.2) is 43.7 Å². The van der Waals surface area contributed by atoms with Gasteiger partial charge >= 0.3 is 0 Å². The Morgan fingerprint density at radius 1 is 1.34 bits per heavy atom. The number of nitrogens with zero attached hydrogens (tertiary/aromatic N) is 4. The van der Waals surface area contributed by atoms with Gasteiger partial charge < -0.3 is 14.7 Å². The van der Waals surface area contributed by atoms with Crippen LogP contribution in [0.3, 0.4) is 0 Å². The molecule has 7 nitrogen and oxygen atoms in total. The van der Waals surface area contributed by atoms with Crippen LogP contribution < -0.4 is 4.74 Å². The molecule has 2 aromatic heterocycles. The molecular formula is C20H20ClFN4O3. The number of aromatic nitrogens is 3. The molecule has 0 unspecified atom stereocenters. The highest BCUT2D eigenvalue weighted by atomic mass is 35.5. The van der Waals surface area contributed by atoms with Gasteiger partial charge in [0, 0.05) is 24.7 Å². The quantitative estimate of drug-likeness (QED) is 0.644. The van der Waals surface area contributed by atoms with E-state index in [2.05, 4.69) is 10.1 Å². The first-order valence-electron chi connectivity index (χ1n) is 9.26. The number of carbonyl (C=O) groups excluding carboxylic acids is 1. The van der Waals surface area contributed by atoms with Gasteiger partial charge in [-0.15, -0.1) is 0 Å². The number of ether oxygens (including phenoxy) is 1.